The van der Waals surface area contributed by atoms with Crippen LogP contribution in [0.25, 0.3) is 0 Å². The van der Waals surface area contributed by atoms with Gasteiger partial charge in [-0.25, -0.2) is 4.39 Å². The molecular formula is C13H14FNO2S. The molecule has 5 heteroatoms. The molecule has 1 aromatic carbocycles. The molecule has 0 saturated carbocycles. The monoisotopic (exact) mass is 267 g/mol. The molecule has 0 heterocycles. The van der Waals surface area contributed by atoms with Crippen molar-refractivity contribution in [3.63, 3.8) is 0 Å². The van der Waals surface area contributed by atoms with Gasteiger partial charge >= 0.3 is 5.97 Å². The van der Waals surface area contributed by atoms with E-state index in [2.05, 4.69) is 4.74 Å². The van der Waals surface area contributed by atoms with Crippen molar-refractivity contribution in [2.45, 2.75) is 12.7 Å². The Morgan fingerprint density at radius 3 is 2.94 bits per heavy atom. The van der Waals surface area contributed by atoms with Gasteiger partial charge in [0.05, 0.1) is 24.7 Å². The Labute approximate surface area is 110 Å². The summed E-state index contributed by atoms with van der Waals surface area (Å²) in [5, 5.41) is 8.73. The van der Waals surface area contributed by atoms with Crippen molar-refractivity contribution in [2.75, 3.05) is 12.9 Å². The zero-order chi connectivity index (χ0) is 13.5. The second kappa shape index (κ2) is 7.02. The summed E-state index contributed by atoms with van der Waals surface area (Å²) in [5.41, 5.74) is 0.920. The predicted molar refractivity (Wildman–Crippen MR) is 68.5 cm³/mol. The number of hydrogen-bond donors (Lipinski definition) is 0. The fourth-order valence-corrected chi connectivity index (χ4v) is 2.42. The fourth-order valence-electron chi connectivity index (χ4n) is 1.37. The van der Waals surface area contributed by atoms with Crippen molar-refractivity contribution in [3.8, 4) is 6.07 Å². The molecule has 0 bridgehead atoms. The van der Waals surface area contributed by atoms with Crippen LogP contribution in [0.4, 0.5) is 4.39 Å². The maximum Gasteiger partial charge on any atom is 0.309 e. The number of benzene rings is 1. The van der Waals surface area contributed by atoms with E-state index in [0.717, 1.165) is 0 Å². The van der Waals surface area contributed by atoms with Crippen LogP contribution in [-0.2, 0) is 15.3 Å². The van der Waals surface area contributed by atoms with Gasteiger partial charge < -0.3 is 4.74 Å². The third kappa shape index (κ3) is 4.04. The summed E-state index contributed by atoms with van der Waals surface area (Å²) >= 11 is 1.44. The average Bonchev–Trinajstić information content (AvgIpc) is 2.39. The van der Waals surface area contributed by atoms with Crippen LogP contribution in [0, 0.1) is 23.1 Å². The molecule has 1 atom stereocenters. The van der Waals surface area contributed by atoms with Gasteiger partial charge in [-0.15, -0.1) is 0 Å². The number of hydrogen-bond acceptors (Lipinski definition) is 4. The molecule has 1 rings (SSSR count). The van der Waals surface area contributed by atoms with E-state index in [1.54, 1.807) is 6.92 Å². The first-order chi connectivity index (χ1) is 8.58. The van der Waals surface area contributed by atoms with Gasteiger partial charge in [0, 0.05) is 11.5 Å². The van der Waals surface area contributed by atoms with Gasteiger partial charge in [0.2, 0.25) is 0 Å². The molecule has 0 radical (unpaired) electrons. The molecule has 0 saturated heterocycles. The van der Waals surface area contributed by atoms with E-state index in [4.69, 9.17) is 5.26 Å². The normalized spacial score (nSPS) is 11.7. The van der Waals surface area contributed by atoms with Gasteiger partial charge in [-0.3, -0.25) is 4.79 Å². The first kappa shape index (κ1) is 14.5. The third-order valence-corrected chi connectivity index (χ3v) is 3.65. The highest BCUT2D eigenvalue weighted by Crippen LogP contribution is 2.19. The van der Waals surface area contributed by atoms with Crippen LogP contribution in [0.3, 0.4) is 0 Å². The van der Waals surface area contributed by atoms with E-state index in [1.807, 2.05) is 6.07 Å². The Morgan fingerprint density at radius 2 is 2.33 bits per heavy atom. The largest absolute Gasteiger partial charge is 0.469 e. The van der Waals surface area contributed by atoms with Crippen molar-refractivity contribution in [3.05, 3.63) is 35.1 Å². The van der Waals surface area contributed by atoms with E-state index >= 15 is 0 Å². The molecule has 3 nitrogen and oxygen atoms in total. The summed E-state index contributed by atoms with van der Waals surface area (Å²) < 4.78 is 18.0. The van der Waals surface area contributed by atoms with Gasteiger partial charge in [-0.2, -0.15) is 17.0 Å². The molecule has 0 aliphatic heterocycles. The number of thioether (sulfide) groups is 1. The van der Waals surface area contributed by atoms with Gasteiger partial charge in [0.25, 0.3) is 0 Å². The highest BCUT2D eigenvalue weighted by Gasteiger charge is 2.13. The Kier molecular flexibility index (Phi) is 5.66. The Morgan fingerprint density at radius 1 is 1.61 bits per heavy atom. The molecule has 0 aliphatic carbocycles. The summed E-state index contributed by atoms with van der Waals surface area (Å²) in [6, 6.07) is 6.24. The maximum atomic E-state index is 13.4. The molecular weight excluding hydrogens is 253 g/mol. The number of nitrogens with zero attached hydrogens (tertiary/aromatic N) is 1. The first-order valence-electron chi connectivity index (χ1n) is 5.42. The van der Waals surface area contributed by atoms with Crippen LogP contribution >= 0.6 is 11.8 Å². The third-order valence-electron chi connectivity index (χ3n) is 2.40. The van der Waals surface area contributed by atoms with E-state index in [-0.39, 0.29) is 17.7 Å². The van der Waals surface area contributed by atoms with Crippen molar-refractivity contribution in [2.24, 2.45) is 5.92 Å². The lowest BCUT2D eigenvalue weighted by Crippen LogP contribution is -2.14. The number of esters is 1. The summed E-state index contributed by atoms with van der Waals surface area (Å²) in [6.07, 6.45) is 0. The van der Waals surface area contributed by atoms with Crippen molar-refractivity contribution < 1.29 is 13.9 Å². The lowest BCUT2D eigenvalue weighted by molar-refractivity contribution is -0.143. The van der Waals surface area contributed by atoms with Crippen LogP contribution in [0.15, 0.2) is 18.2 Å². The minimum absolute atomic E-state index is 0.220. The average molecular weight is 267 g/mol. The predicted octanol–water partition coefficient (Wildman–Crippen LogP) is 2.74. The van der Waals surface area contributed by atoms with Gasteiger partial charge in [0.1, 0.15) is 5.82 Å². The van der Waals surface area contributed by atoms with Crippen LogP contribution in [-0.4, -0.2) is 18.8 Å². The minimum atomic E-state index is -0.327. The molecule has 0 aliphatic rings. The highest BCUT2D eigenvalue weighted by atomic mass is 32.2. The number of nitriles is 1. The van der Waals surface area contributed by atoms with Gasteiger partial charge in [0.15, 0.2) is 0 Å². The second-order valence-electron chi connectivity index (χ2n) is 3.86. The molecule has 0 spiro atoms. The number of methoxy groups -OCH3 is 1. The molecule has 0 N–H and O–H groups in total. The van der Waals surface area contributed by atoms with Crippen LogP contribution in [0.2, 0.25) is 0 Å². The summed E-state index contributed by atoms with van der Waals surface area (Å²) in [5.74, 6) is 0.175. The number of ether oxygens (including phenoxy) is 1. The molecule has 0 aromatic heterocycles. The van der Waals surface area contributed by atoms with E-state index < -0.39 is 0 Å². The SMILES string of the molecule is COC(=O)[C@H](C)CSCc1cc(C#N)ccc1F. The van der Waals surface area contributed by atoms with Gasteiger partial charge in [-0.1, -0.05) is 6.92 Å². The zero-order valence-electron chi connectivity index (χ0n) is 10.3. The Balaban J connectivity index is 2.54. The summed E-state index contributed by atoms with van der Waals surface area (Å²) in [6.45, 7) is 1.76. The number of carbonyl (C=O) groups is 1. The molecule has 1 aromatic rings. The molecule has 18 heavy (non-hydrogen) atoms. The van der Waals surface area contributed by atoms with Crippen LogP contribution in [0.1, 0.15) is 18.1 Å². The zero-order valence-corrected chi connectivity index (χ0v) is 11.1. The first-order valence-corrected chi connectivity index (χ1v) is 6.58. The Hall–Kier alpha value is -1.54. The fraction of sp³-hybridized carbons (Fsp3) is 0.385. The summed E-state index contributed by atoms with van der Waals surface area (Å²) in [4.78, 5) is 11.2. The lowest BCUT2D eigenvalue weighted by atomic mass is 10.1. The van der Waals surface area contributed by atoms with Crippen molar-refractivity contribution in [1.82, 2.24) is 0 Å². The second-order valence-corrected chi connectivity index (χ2v) is 4.89. The molecule has 96 valence electrons. The van der Waals surface area contributed by atoms with Crippen LogP contribution in [0.5, 0.6) is 0 Å². The maximum absolute atomic E-state index is 13.4. The molecule has 0 unspecified atom stereocenters. The molecule has 0 fully saturated rings. The minimum Gasteiger partial charge on any atom is -0.469 e. The topological polar surface area (TPSA) is 50.1 Å². The van der Waals surface area contributed by atoms with Crippen molar-refractivity contribution in [1.29, 1.82) is 5.26 Å². The van der Waals surface area contributed by atoms with Gasteiger partial charge in [-0.05, 0) is 23.8 Å². The van der Waals surface area contributed by atoms with E-state index in [0.29, 0.717) is 22.6 Å². The number of carbonyl (C=O) groups excluding carboxylic acids is 1. The Bertz CT molecular complexity index is 471. The smallest absolute Gasteiger partial charge is 0.309 e. The van der Waals surface area contributed by atoms with Crippen molar-refractivity contribution >= 4 is 17.7 Å². The highest BCUT2D eigenvalue weighted by molar-refractivity contribution is 7.98. The quantitative estimate of drug-likeness (QED) is 0.770. The standard InChI is InChI=1S/C13H14FNO2S/c1-9(13(16)17-2)7-18-8-11-5-10(6-15)3-4-12(11)14/h3-5,9H,7-8H2,1-2H3/t9-/m1/s1. The number of rotatable bonds is 5. The molecule has 0 amide bonds. The number of halogens is 1. The summed E-state index contributed by atoms with van der Waals surface area (Å²) in [7, 11) is 1.35. The van der Waals surface area contributed by atoms with E-state index in [9.17, 15) is 9.18 Å². The lowest BCUT2D eigenvalue weighted by Gasteiger charge is -2.09. The van der Waals surface area contributed by atoms with E-state index in [1.165, 1.54) is 37.1 Å². The van der Waals surface area contributed by atoms with Crippen LogP contribution < -0.4 is 0 Å².